The van der Waals surface area contributed by atoms with Crippen LogP contribution in [0, 0.1) is 17.2 Å². The Kier molecular flexibility index (Phi) is 5.93. The number of benzene rings is 1. The van der Waals surface area contributed by atoms with Gasteiger partial charge in [0.15, 0.2) is 0 Å². The maximum Gasteiger partial charge on any atom is 0.222 e. The van der Waals surface area contributed by atoms with E-state index < -0.39 is 0 Å². The second-order valence-corrected chi connectivity index (χ2v) is 4.46. The minimum atomic E-state index is -0.0515. The van der Waals surface area contributed by atoms with Crippen molar-refractivity contribution in [3.8, 4) is 6.07 Å². The first-order chi connectivity index (χ1) is 8.67. The molecule has 3 heteroatoms. The highest BCUT2D eigenvalue weighted by atomic mass is 16.2. The summed E-state index contributed by atoms with van der Waals surface area (Å²) in [5, 5.41) is 8.70. The lowest BCUT2D eigenvalue weighted by Gasteiger charge is -2.21. The van der Waals surface area contributed by atoms with Gasteiger partial charge >= 0.3 is 0 Å². The van der Waals surface area contributed by atoms with Crippen LogP contribution >= 0.6 is 0 Å². The van der Waals surface area contributed by atoms with Crippen LogP contribution in [0.4, 0.5) is 0 Å². The van der Waals surface area contributed by atoms with E-state index in [1.165, 1.54) is 0 Å². The van der Waals surface area contributed by atoms with Gasteiger partial charge in [-0.05, 0) is 25.8 Å². The van der Waals surface area contributed by atoms with E-state index in [-0.39, 0.29) is 11.8 Å². The number of nitrogens with zero attached hydrogens (tertiary/aromatic N) is 2. The summed E-state index contributed by atoms with van der Waals surface area (Å²) in [7, 11) is 0. The van der Waals surface area contributed by atoms with Gasteiger partial charge in [-0.1, -0.05) is 30.3 Å². The molecule has 1 atom stereocenters. The van der Waals surface area contributed by atoms with Crippen molar-refractivity contribution in [3.05, 3.63) is 35.9 Å². The van der Waals surface area contributed by atoms with E-state index in [1.807, 2.05) is 49.1 Å². The predicted octanol–water partition coefficient (Wildman–Crippen LogP) is 2.97. The fourth-order valence-corrected chi connectivity index (χ4v) is 1.74. The van der Waals surface area contributed by atoms with E-state index in [2.05, 4.69) is 6.07 Å². The van der Waals surface area contributed by atoms with Crippen molar-refractivity contribution < 1.29 is 4.79 Å². The van der Waals surface area contributed by atoms with Crippen molar-refractivity contribution in [3.63, 3.8) is 0 Å². The average Bonchev–Trinajstić information content (AvgIpc) is 2.42. The third-order valence-electron chi connectivity index (χ3n) is 2.96. The quantitative estimate of drug-likeness (QED) is 0.772. The Hall–Kier alpha value is -1.82. The molecule has 1 rings (SSSR count). The number of hydrogen-bond acceptors (Lipinski definition) is 2. The van der Waals surface area contributed by atoms with Crippen LogP contribution in [0.3, 0.4) is 0 Å². The lowest BCUT2D eigenvalue weighted by Crippen LogP contribution is -2.30. The van der Waals surface area contributed by atoms with Crippen molar-refractivity contribution in [2.45, 2.75) is 33.2 Å². The van der Waals surface area contributed by atoms with Crippen molar-refractivity contribution in [2.75, 3.05) is 6.54 Å². The van der Waals surface area contributed by atoms with E-state index >= 15 is 0 Å². The molecule has 0 bridgehead atoms. The molecular formula is C15H20N2O. The molecule has 0 fully saturated rings. The van der Waals surface area contributed by atoms with Crippen LogP contribution in [0.5, 0.6) is 0 Å². The largest absolute Gasteiger partial charge is 0.339 e. The number of nitriles is 1. The molecular weight excluding hydrogens is 224 g/mol. The van der Waals surface area contributed by atoms with Gasteiger partial charge in [0.25, 0.3) is 0 Å². The lowest BCUT2D eigenvalue weighted by atomic mass is 10.1. The highest BCUT2D eigenvalue weighted by Gasteiger charge is 2.13. The normalized spacial score (nSPS) is 11.6. The number of carbonyl (C=O) groups is 1. The first kappa shape index (κ1) is 14.2. The second-order valence-electron chi connectivity index (χ2n) is 4.46. The molecule has 0 N–H and O–H groups in total. The third kappa shape index (κ3) is 4.58. The highest BCUT2D eigenvalue weighted by Crippen LogP contribution is 2.10. The average molecular weight is 244 g/mol. The maximum atomic E-state index is 12.0. The minimum absolute atomic E-state index is 0.0515. The molecule has 18 heavy (non-hydrogen) atoms. The predicted molar refractivity (Wildman–Crippen MR) is 71.5 cm³/mol. The first-order valence-electron chi connectivity index (χ1n) is 6.38. The third-order valence-corrected chi connectivity index (χ3v) is 2.96. The molecule has 96 valence electrons. The molecule has 0 aliphatic rings. The van der Waals surface area contributed by atoms with Gasteiger partial charge in [-0.25, -0.2) is 0 Å². The van der Waals surface area contributed by atoms with Gasteiger partial charge in [-0.3, -0.25) is 4.79 Å². The summed E-state index contributed by atoms with van der Waals surface area (Å²) in [5.74, 6) is 0.0767. The summed E-state index contributed by atoms with van der Waals surface area (Å²) < 4.78 is 0. The van der Waals surface area contributed by atoms with Gasteiger partial charge in [0, 0.05) is 25.4 Å². The Morgan fingerprint density at radius 1 is 1.39 bits per heavy atom. The van der Waals surface area contributed by atoms with E-state index in [1.54, 1.807) is 0 Å². The van der Waals surface area contributed by atoms with Gasteiger partial charge in [0.1, 0.15) is 0 Å². The van der Waals surface area contributed by atoms with Crippen LogP contribution in [-0.2, 0) is 11.3 Å². The Bertz CT molecular complexity index is 408. The van der Waals surface area contributed by atoms with Gasteiger partial charge < -0.3 is 4.90 Å². The molecule has 1 aromatic rings. The van der Waals surface area contributed by atoms with Gasteiger partial charge in [-0.15, -0.1) is 0 Å². The van der Waals surface area contributed by atoms with Crippen LogP contribution in [0.25, 0.3) is 0 Å². The van der Waals surface area contributed by atoms with Crippen LogP contribution in [0.15, 0.2) is 30.3 Å². The molecule has 0 aliphatic heterocycles. The smallest absolute Gasteiger partial charge is 0.222 e. The molecule has 0 spiro atoms. The first-order valence-corrected chi connectivity index (χ1v) is 6.38. The summed E-state index contributed by atoms with van der Waals surface area (Å²) in [6, 6.07) is 12.1. The molecule has 0 radical (unpaired) electrons. The zero-order valence-corrected chi connectivity index (χ0v) is 11.1. The van der Waals surface area contributed by atoms with E-state index in [0.29, 0.717) is 25.9 Å². The van der Waals surface area contributed by atoms with Crippen LogP contribution in [-0.4, -0.2) is 17.4 Å². The van der Waals surface area contributed by atoms with Crippen molar-refractivity contribution in [1.82, 2.24) is 4.90 Å². The molecule has 1 amide bonds. The topological polar surface area (TPSA) is 44.1 Å². The minimum Gasteiger partial charge on any atom is -0.339 e. The summed E-state index contributed by atoms with van der Waals surface area (Å²) in [6.45, 7) is 5.18. The molecule has 1 aromatic carbocycles. The van der Waals surface area contributed by atoms with Gasteiger partial charge in [0.05, 0.1) is 6.07 Å². The fourth-order valence-electron chi connectivity index (χ4n) is 1.74. The van der Waals surface area contributed by atoms with Crippen LogP contribution < -0.4 is 0 Å². The monoisotopic (exact) mass is 244 g/mol. The standard InChI is InChI=1S/C15H20N2O/c1-3-17(12-14-7-5-4-6-8-14)15(18)10-9-13(2)11-16/h4-8,13H,3,9-10,12H2,1-2H3. The number of hydrogen-bond donors (Lipinski definition) is 0. The molecule has 3 nitrogen and oxygen atoms in total. The van der Waals surface area contributed by atoms with E-state index in [4.69, 9.17) is 5.26 Å². The zero-order valence-electron chi connectivity index (χ0n) is 11.1. The molecule has 0 saturated carbocycles. The number of carbonyl (C=O) groups excluding carboxylic acids is 1. The van der Waals surface area contributed by atoms with Crippen LogP contribution in [0.1, 0.15) is 32.3 Å². The number of rotatable bonds is 6. The zero-order chi connectivity index (χ0) is 13.4. The van der Waals surface area contributed by atoms with Crippen LogP contribution in [0.2, 0.25) is 0 Å². The molecule has 0 aromatic heterocycles. The molecule has 0 heterocycles. The Morgan fingerprint density at radius 3 is 2.61 bits per heavy atom. The SMILES string of the molecule is CCN(Cc1ccccc1)C(=O)CCC(C)C#N. The van der Waals surface area contributed by atoms with Crippen molar-refractivity contribution in [1.29, 1.82) is 5.26 Å². The van der Waals surface area contributed by atoms with Gasteiger partial charge in [0.2, 0.25) is 5.91 Å². The second kappa shape index (κ2) is 7.50. The Balaban J connectivity index is 2.51. The molecule has 0 aliphatic carbocycles. The fraction of sp³-hybridized carbons (Fsp3) is 0.467. The Morgan fingerprint density at radius 2 is 2.06 bits per heavy atom. The summed E-state index contributed by atoms with van der Waals surface area (Å²) in [5.41, 5.74) is 1.14. The number of amides is 1. The van der Waals surface area contributed by atoms with Gasteiger partial charge in [-0.2, -0.15) is 5.26 Å². The maximum absolute atomic E-state index is 12.0. The summed E-state index contributed by atoms with van der Waals surface area (Å²) in [6.07, 6.45) is 1.09. The molecule has 0 saturated heterocycles. The van der Waals surface area contributed by atoms with Crippen molar-refractivity contribution >= 4 is 5.91 Å². The Labute approximate surface area is 109 Å². The summed E-state index contributed by atoms with van der Waals surface area (Å²) >= 11 is 0. The highest BCUT2D eigenvalue weighted by molar-refractivity contribution is 5.76. The van der Waals surface area contributed by atoms with E-state index in [0.717, 1.165) is 5.56 Å². The van der Waals surface area contributed by atoms with Crippen molar-refractivity contribution in [2.24, 2.45) is 5.92 Å². The molecule has 1 unspecified atom stereocenters. The summed E-state index contributed by atoms with van der Waals surface area (Å²) in [4.78, 5) is 13.8. The van der Waals surface area contributed by atoms with E-state index in [9.17, 15) is 4.79 Å². The lowest BCUT2D eigenvalue weighted by molar-refractivity contribution is -0.131.